The first-order valence-corrected chi connectivity index (χ1v) is 4.52. The second kappa shape index (κ2) is 3.66. The second-order valence-corrected chi connectivity index (χ2v) is 3.29. The molecule has 2 rings (SSSR count). The highest BCUT2D eigenvalue weighted by molar-refractivity contribution is 5.83. The smallest absolute Gasteiger partial charge is 0.416 e. The van der Waals surface area contributed by atoms with Crippen molar-refractivity contribution in [2.75, 3.05) is 7.11 Å². The molecule has 5 heteroatoms. The quantitative estimate of drug-likeness (QED) is 0.745. The molecule has 2 nitrogen and oxygen atoms in total. The van der Waals surface area contributed by atoms with Crippen LogP contribution in [0, 0.1) is 0 Å². The molecule has 84 valence electrons. The summed E-state index contributed by atoms with van der Waals surface area (Å²) in [4.78, 5) is 3.91. The van der Waals surface area contributed by atoms with E-state index in [9.17, 15) is 13.2 Å². The Labute approximate surface area is 89.7 Å². The largest absolute Gasteiger partial charge is 0.481 e. The minimum Gasteiger partial charge on any atom is -0.481 e. The molecule has 1 heterocycles. The van der Waals surface area contributed by atoms with Gasteiger partial charge in [-0.2, -0.15) is 13.2 Å². The molecule has 1 aromatic heterocycles. The van der Waals surface area contributed by atoms with Crippen molar-refractivity contribution < 1.29 is 17.9 Å². The van der Waals surface area contributed by atoms with Gasteiger partial charge in [-0.05, 0) is 17.5 Å². The van der Waals surface area contributed by atoms with Gasteiger partial charge in [0, 0.05) is 17.6 Å². The summed E-state index contributed by atoms with van der Waals surface area (Å²) in [6, 6.07) is 4.99. The summed E-state index contributed by atoms with van der Waals surface area (Å²) in [5, 5.41) is 1.11. The molecule has 16 heavy (non-hydrogen) atoms. The van der Waals surface area contributed by atoms with Gasteiger partial charge in [0.05, 0.1) is 12.7 Å². The van der Waals surface area contributed by atoms with Crippen molar-refractivity contribution in [3.05, 3.63) is 36.0 Å². The Balaban J connectivity index is 2.59. The summed E-state index contributed by atoms with van der Waals surface area (Å²) in [7, 11) is 1.42. The van der Waals surface area contributed by atoms with E-state index in [1.807, 2.05) is 0 Å². The van der Waals surface area contributed by atoms with Gasteiger partial charge in [-0.1, -0.05) is 6.07 Å². The van der Waals surface area contributed by atoms with Gasteiger partial charge in [-0.15, -0.1) is 0 Å². The molecule has 0 saturated heterocycles. The number of hydrogen-bond donors (Lipinski definition) is 0. The van der Waals surface area contributed by atoms with Crippen LogP contribution in [0.25, 0.3) is 10.8 Å². The highest BCUT2D eigenvalue weighted by Crippen LogP contribution is 2.31. The molecule has 0 aliphatic rings. The number of rotatable bonds is 1. The number of aromatic nitrogens is 1. The van der Waals surface area contributed by atoms with Crippen LogP contribution in [0.5, 0.6) is 5.88 Å². The maximum atomic E-state index is 12.5. The zero-order chi connectivity index (χ0) is 11.8. The third-order valence-corrected chi connectivity index (χ3v) is 2.23. The number of fused-ring (bicyclic) bond motifs is 1. The van der Waals surface area contributed by atoms with E-state index in [4.69, 9.17) is 4.74 Å². The van der Waals surface area contributed by atoms with Gasteiger partial charge in [0.25, 0.3) is 0 Å². The number of methoxy groups -OCH3 is 1. The summed E-state index contributed by atoms with van der Waals surface area (Å²) >= 11 is 0. The number of nitrogens with zero attached hydrogens (tertiary/aromatic N) is 1. The molecule has 0 atom stereocenters. The van der Waals surface area contributed by atoms with Crippen molar-refractivity contribution >= 4 is 10.8 Å². The summed E-state index contributed by atoms with van der Waals surface area (Å²) in [6.07, 6.45) is -2.85. The topological polar surface area (TPSA) is 22.1 Å². The second-order valence-electron chi connectivity index (χ2n) is 3.29. The Morgan fingerprint density at radius 2 is 1.88 bits per heavy atom. The molecule has 0 spiro atoms. The van der Waals surface area contributed by atoms with Crippen molar-refractivity contribution in [2.45, 2.75) is 6.18 Å². The standard InChI is InChI=1S/C11H8F3NO/c1-16-10-5-8-4-9(11(12,13)14)3-2-7(8)6-15-10/h2-6H,1H3. The number of hydrogen-bond acceptors (Lipinski definition) is 2. The minimum atomic E-state index is -4.33. The predicted molar refractivity (Wildman–Crippen MR) is 53.3 cm³/mol. The summed E-state index contributed by atoms with van der Waals surface area (Å²) < 4.78 is 42.2. The Morgan fingerprint density at radius 1 is 1.12 bits per heavy atom. The summed E-state index contributed by atoms with van der Waals surface area (Å²) in [6.45, 7) is 0. The fourth-order valence-electron chi connectivity index (χ4n) is 1.41. The van der Waals surface area contributed by atoms with Crippen LogP contribution in [0.1, 0.15) is 5.56 Å². The average molecular weight is 227 g/mol. The molecular weight excluding hydrogens is 219 g/mol. The number of alkyl halides is 3. The van der Waals surface area contributed by atoms with Gasteiger partial charge in [0.1, 0.15) is 0 Å². The fraction of sp³-hybridized carbons (Fsp3) is 0.182. The number of pyridine rings is 1. The third kappa shape index (κ3) is 1.93. The first-order chi connectivity index (χ1) is 7.50. The van der Waals surface area contributed by atoms with Crippen LogP contribution in [-0.4, -0.2) is 12.1 Å². The zero-order valence-electron chi connectivity index (χ0n) is 8.38. The maximum absolute atomic E-state index is 12.5. The van der Waals surface area contributed by atoms with E-state index in [1.165, 1.54) is 25.4 Å². The van der Waals surface area contributed by atoms with E-state index in [-0.39, 0.29) is 0 Å². The average Bonchev–Trinajstić information content (AvgIpc) is 2.26. The van der Waals surface area contributed by atoms with Crippen LogP contribution >= 0.6 is 0 Å². The van der Waals surface area contributed by atoms with Gasteiger partial charge in [-0.3, -0.25) is 0 Å². The van der Waals surface area contributed by atoms with Crippen LogP contribution in [-0.2, 0) is 6.18 Å². The molecule has 0 bridgehead atoms. The fourth-order valence-corrected chi connectivity index (χ4v) is 1.41. The monoisotopic (exact) mass is 227 g/mol. The molecule has 0 saturated carbocycles. The highest BCUT2D eigenvalue weighted by Gasteiger charge is 2.30. The van der Waals surface area contributed by atoms with Gasteiger partial charge >= 0.3 is 6.18 Å². The van der Waals surface area contributed by atoms with Crippen molar-refractivity contribution in [1.29, 1.82) is 0 Å². The number of benzene rings is 1. The van der Waals surface area contributed by atoms with Crippen LogP contribution in [0.2, 0.25) is 0 Å². The molecule has 0 N–H and O–H groups in total. The van der Waals surface area contributed by atoms with Gasteiger partial charge in [-0.25, -0.2) is 4.98 Å². The minimum absolute atomic E-state index is 0.298. The van der Waals surface area contributed by atoms with E-state index >= 15 is 0 Å². The van der Waals surface area contributed by atoms with E-state index in [0.29, 0.717) is 16.7 Å². The lowest BCUT2D eigenvalue weighted by atomic mass is 10.1. The molecule has 0 aliphatic carbocycles. The van der Waals surface area contributed by atoms with E-state index in [0.717, 1.165) is 12.1 Å². The molecule has 2 aromatic rings. The molecule has 0 aliphatic heterocycles. The van der Waals surface area contributed by atoms with E-state index in [1.54, 1.807) is 0 Å². The summed E-state index contributed by atoms with van der Waals surface area (Å²) in [5.41, 5.74) is -0.673. The van der Waals surface area contributed by atoms with Crippen LogP contribution in [0.15, 0.2) is 30.5 Å². The lowest BCUT2D eigenvalue weighted by molar-refractivity contribution is -0.137. The van der Waals surface area contributed by atoms with Crippen LogP contribution in [0.4, 0.5) is 13.2 Å². The molecule has 1 aromatic carbocycles. The van der Waals surface area contributed by atoms with Crippen LogP contribution in [0.3, 0.4) is 0 Å². The Bertz CT molecular complexity index is 522. The predicted octanol–water partition coefficient (Wildman–Crippen LogP) is 3.26. The zero-order valence-corrected chi connectivity index (χ0v) is 8.38. The Kier molecular flexibility index (Phi) is 2.46. The molecule has 0 unspecified atom stereocenters. The lowest BCUT2D eigenvalue weighted by Gasteiger charge is -2.08. The molecule has 0 radical (unpaired) electrons. The van der Waals surface area contributed by atoms with Crippen molar-refractivity contribution in [3.63, 3.8) is 0 Å². The third-order valence-electron chi connectivity index (χ3n) is 2.23. The van der Waals surface area contributed by atoms with Crippen molar-refractivity contribution in [1.82, 2.24) is 4.98 Å². The number of halogens is 3. The molecule has 0 fully saturated rings. The normalized spacial score (nSPS) is 11.8. The first-order valence-electron chi connectivity index (χ1n) is 4.52. The highest BCUT2D eigenvalue weighted by atomic mass is 19.4. The molecular formula is C11H8F3NO. The van der Waals surface area contributed by atoms with Gasteiger partial charge < -0.3 is 4.74 Å². The first kappa shape index (κ1) is 10.7. The Morgan fingerprint density at radius 3 is 2.50 bits per heavy atom. The van der Waals surface area contributed by atoms with Gasteiger partial charge in [0.2, 0.25) is 5.88 Å². The van der Waals surface area contributed by atoms with Crippen molar-refractivity contribution in [2.24, 2.45) is 0 Å². The van der Waals surface area contributed by atoms with E-state index in [2.05, 4.69) is 4.98 Å². The Hall–Kier alpha value is -1.78. The lowest BCUT2D eigenvalue weighted by Crippen LogP contribution is -2.04. The van der Waals surface area contributed by atoms with Gasteiger partial charge in [0.15, 0.2) is 0 Å². The maximum Gasteiger partial charge on any atom is 0.416 e. The number of ether oxygens (including phenoxy) is 1. The van der Waals surface area contributed by atoms with Crippen LogP contribution < -0.4 is 4.74 Å². The SMILES string of the molecule is COc1cc2cc(C(F)(F)F)ccc2cn1. The molecule has 0 amide bonds. The summed E-state index contributed by atoms with van der Waals surface area (Å²) in [5.74, 6) is 0.298. The van der Waals surface area contributed by atoms with E-state index < -0.39 is 11.7 Å². The van der Waals surface area contributed by atoms with Crippen molar-refractivity contribution in [3.8, 4) is 5.88 Å².